The second-order valence-corrected chi connectivity index (χ2v) is 7.38. The molecule has 4 rings (SSSR count). The molecule has 0 fully saturated rings. The van der Waals surface area contributed by atoms with Gasteiger partial charge in [0, 0.05) is 35.7 Å². The Hall–Kier alpha value is -4.00. The molecule has 2 amide bonds. The van der Waals surface area contributed by atoms with Crippen LogP contribution in [0.2, 0.25) is 0 Å². The number of ether oxygens (including phenoxy) is 1. The number of nitrogens with one attached hydrogen (secondary N) is 1. The summed E-state index contributed by atoms with van der Waals surface area (Å²) in [5.41, 5.74) is 1.24. The number of carbonyl (C=O) groups excluding carboxylic acids is 2. The molecule has 32 heavy (non-hydrogen) atoms. The minimum absolute atomic E-state index is 0.244. The van der Waals surface area contributed by atoms with Crippen LogP contribution in [-0.2, 0) is 15.3 Å². The van der Waals surface area contributed by atoms with Crippen molar-refractivity contribution < 1.29 is 18.7 Å². The lowest BCUT2D eigenvalue weighted by atomic mass is 9.99. The van der Waals surface area contributed by atoms with Crippen molar-refractivity contribution in [2.45, 2.75) is 26.0 Å². The summed E-state index contributed by atoms with van der Waals surface area (Å²) in [6.45, 7) is 3.38. The van der Waals surface area contributed by atoms with Gasteiger partial charge in [0.25, 0.3) is 5.91 Å². The van der Waals surface area contributed by atoms with Gasteiger partial charge < -0.3 is 10.1 Å². The molecule has 0 radical (unpaired) electrons. The van der Waals surface area contributed by atoms with E-state index in [1.165, 1.54) is 36.2 Å². The third-order valence-corrected chi connectivity index (χ3v) is 5.27. The van der Waals surface area contributed by atoms with Crippen LogP contribution in [-0.4, -0.2) is 22.7 Å². The molecule has 1 N–H and O–H groups in total. The Morgan fingerprint density at radius 2 is 1.75 bits per heavy atom. The van der Waals surface area contributed by atoms with E-state index >= 15 is 0 Å². The Labute approximate surface area is 185 Å². The predicted octanol–water partition coefficient (Wildman–Crippen LogP) is 4.88. The van der Waals surface area contributed by atoms with Crippen molar-refractivity contribution in [1.82, 2.24) is 5.01 Å². The van der Waals surface area contributed by atoms with Crippen molar-refractivity contribution in [2.24, 2.45) is 5.10 Å². The van der Waals surface area contributed by atoms with E-state index in [1.807, 2.05) is 37.3 Å². The maximum Gasteiger partial charge on any atom is 0.255 e. The van der Waals surface area contributed by atoms with E-state index in [9.17, 15) is 14.0 Å². The molecule has 0 aromatic heterocycles. The Morgan fingerprint density at radius 3 is 2.41 bits per heavy atom. The Bertz CT molecular complexity index is 1180. The largest absolute Gasteiger partial charge is 0.443 e. The summed E-state index contributed by atoms with van der Waals surface area (Å²) in [6.07, 6.45) is 0.491. The monoisotopic (exact) mass is 431 g/mol. The number of anilines is 1. The fourth-order valence-corrected chi connectivity index (χ4v) is 3.68. The Balaban J connectivity index is 1.62. The molecule has 0 spiro atoms. The first-order chi connectivity index (χ1) is 15.4. The number of hydrazone groups is 1. The topological polar surface area (TPSA) is 71.0 Å². The van der Waals surface area contributed by atoms with Crippen LogP contribution in [0.1, 0.15) is 41.8 Å². The molecule has 1 aliphatic rings. The van der Waals surface area contributed by atoms with Crippen LogP contribution in [0.15, 0.2) is 84.0 Å². The van der Waals surface area contributed by atoms with Crippen LogP contribution < -0.4 is 5.32 Å². The van der Waals surface area contributed by atoms with Crippen LogP contribution >= 0.6 is 0 Å². The first kappa shape index (κ1) is 21.2. The minimum atomic E-state index is -1.05. The molecule has 0 aliphatic carbocycles. The molecule has 162 valence electrons. The Kier molecular flexibility index (Phi) is 5.73. The number of halogens is 1. The highest BCUT2D eigenvalue weighted by molar-refractivity contribution is 6.05. The summed E-state index contributed by atoms with van der Waals surface area (Å²) in [6, 6.07) is 21.8. The van der Waals surface area contributed by atoms with E-state index in [4.69, 9.17) is 4.74 Å². The smallest absolute Gasteiger partial charge is 0.255 e. The molecule has 0 saturated carbocycles. The van der Waals surface area contributed by atoms with E-state index in [-0.39, 0.29) is 17.7 Å². The number of hydrogen-bond donors (Lipinski definition) is 1. The third-order valence-electron chi connectivity index (χ3n) is 5.27. The highest BCUT2D eigenvalue weighted by atomic mass is 19.1. The van der Waals surface area contributed by atoms with Gasteiger partial charge in [-0.2, -0.15) is 5.01 Å². The molecule has 0 unspecified atom stereocenters. The zero-order chi connectivity index (χ0) is 22.7. The lowest BCUT2D eigenvalue weighted by Crippen LogP contribution is -2.43. The molecule has 1 heterocycles. The summed E-state index contributed by atoms with van der Waals surface area (Å²) >= 11 is 0. The fraction of sp³-hybridized carbons (Fsp3) is 0.160. The van der Waals surface area contributed by atoms with Gasteiger partial charge in [-0.05, 0) is 42.5 Å². The average molecular weight is 431 g/mol. The van der Waals surface area contributed by atoms with Crippen molar-refractivity contribution in [1.29, 1.82) is 0 Å². The SMILES string of the molecule is CC[C@]1(c2ccccc2)OC(c2cccc(NC(=O)c3ccc(F)cc3)c2)=NN1C(C)=O. The van der Waals surface area contributed by atoms with Gasteiger partial charge in [-0.15, -0.1) is 5.10 Å². The molecule has 1 atom stereocenters. The first-order valence-electron chi connectivity index (χ1n) is 10.2. The summed E-state index contributed by atoms with van der Waals surface area (Å²) in [5.74, 6) is -0.739. The predicted molar refractivity (Wildman–Crippen MR) is 119 cm³/mol. The van der Waals surface area contributed by atoms with Gasteiger partial charge in [0.15, 0.2) is 0 Å². The number of hydrogen-bond acceptors (Lipinski definition) is 4. The summed E-state index contributed by atoms with van der Waals surface area (Å²) in [5, 5.41) is 8.62. The summed E-state index contributed by atoms with van der Waals surface area (Å²) in [7, 11) is 0. The second-order valence-electron chi connectivity index (χ2n) is 7.38. The Morgan fingerprint density at radius 1 is 1.03 bits per heavy atom. The highest BCUT2D eigenvalue weighted by Gasteiger charge is 2.47. The van der Waals surface area contributed by atoms with Gasteiger partial charge in [-0.3, -0.25) is 9.59 Å². The number of benzene rings is 3. The van der Waals surface area contributed by atoms with Gasteiger partial charge in [0.1, 0.15) is 5.82 Å². The molecule has 7 heteroatoms. The maximum atomic E-state index is 13.1. The third kappa shape index (κ3) is 3.97. The van der Waals surface area contributed by atoms with Gasteiger partial charge >= 0.3 is 0 Å². The number of carbonyl (C=O) groups is 2. The molecule has 3 aromatic rings. The number of amides is 2. The molecular weight excluding hydrogens is 409 g/mol. The van der Waals surface area contributed by atoms with E-state index in [2.05, 4.69) is 10.4 Å². The van der Waals surface area contributed by atoms with Crippen molar-refractivity contribution in [3.8, 4) is 0 Å². The number of rotatable bonds is 5. The van der Waals surface area contributed by atoms with E-state index < -0.39 is 11.5 Å². The van der Waals surface area contributed by atoms with Gasteiger partial charge in [-0.1, -0.05) is 43.3 Å². The zero-order valence-corrected chi connectivity index (χ0v) is 17.7. The van der Waals surface area contributed by atoms with Gasteiger partial charge in [-0.25, -0.2) is 4.39 Å². The number of nitrogens with zero attached hydrogens (tertiary/aromatic N) is 2. The lowest BCUT2D eigenvalue weighted by molar-refractivity contribution is -0.149. The van der Waals surface area contributed by atoms with Gasteiger partial charge in [0.05, 0.1) is 0 Å². The van der Waals surface area contributed by atoms with Gasteiger partial charge in [0.2, 0.25) is 17.5 Å². The van der Waals surface area contributed by atoms with Crippen molar-refractivity contribution in [3.05, 3.63) is 101 Å². The van der Waals surface area contributed by atoms with E-state index in [0.29, 0.717) is 23.2 Å². The molecule has 0 bridgehead atoms. The van der Waals surface area contributed by atoms with E-state index in [1.54, 1.807) is 24.3 Å². The highest BCUT2D eigenvalue weighted by Crippen LogP contribution is 2.39. The lowest BCUT2D eigenvalue weighted by Gasteiger charge is -2.33. The standard InChI is InChI=1S/C25H22FN3O3/c1-3-25(20-9-5-4-6-10-20)29(17(2)30)28-24(32-25)19-8-7-11-22(16-19)27-23(31)18-12-14-21(26)15-13-18/h4-16H,3H2,1-2H3,(H,27,31)/t25-/m1/s1. The normalized spacial score (nSPS) is 17.5. The van der Waals surface area contributed by atoms with Crippen LogP contribution in [0.5, 0.6) is 0 Å². The summed E-state index contributed by atoms with van der Waals surface area (Å²) < 4.78 is 19.4. The summed E-state index contributed by atoms with van der Waals surface area (Å²) in [4.78, 5) is 24.9. The van der Waals surface area contributed by atoms with E-state index in [0.717, 1.165) is 5.56 Å². The zero-order valence-electron chi connectivity index (χ0n) is 17.7. The van der Waals surface area contributed by atoms with Crippen LogP contribution in [0.4, 0.5) is 10.1 Å². The molecule has 1 aliphatic heterocycles. The molecule has 6 nitrogen and oxygen atoms in total. The maximum absolute atomic E-state index is 13.1. The average Bonchev–Trinajstić information content (AvgIpc) is 3.22. The van der Waals surface area contributed by atoms with Crippen LogP contribution in [0.3, 0.4) is 0 Å². The quantitative estimate of drug-likeness (QED) is 0.626. The fourth-order valence-electron chi connectivity index (χ4n) is 3.68. The van der Waals surface area contributed by atoms with Crippen LogP contribution in [0.25, 0.3) is 0 Å². The first-order valence-corrected chi connectivity index (χ1v) is 10.2. The molecule has 3 aromatic carbocycles. The molecular formula is C25H22FN3O3. The second kappa shape index (κ2) is 8.63. The van der Waals surface area contributed by atoms with Crippen molar-refractivity contribution in [2.75, 3.05) is 5.32 Å². The minimum Gasteiger partial charge on any atom is -0.443 e. The molecule has 0 saturated heterocycles. The van der Waals surface area contributed by atoms with Crippen molar-refractivity contribution >= 4 is 23.4 Å². The van der Waals surface area contributed by atoms with Crippen LogP contribution in [0, 0.1) is 5.82 Å². The van der Waals surface area contributed by atoms with Crippen molar-refractivity contribution in [3.63, 3.8) is 0 Å².